The van der Waals surface area contributed by atoms with Crippen LogP contribution in [0.3, 0.4) is 0 Å². The molecule has 0 saturated heterocycles. The van der Waals surface area contributed by atoms with Crippen molar-refractivity contribution >= 4 is 34.3 Å². The summed E-state index contributed by atoms with van der Waals surface area (Å²) in [6.45, 7) is 1.35. The molecule has 0 spiro atoms. The standard InChI is InChI=1S/C22H17F3N6O2/c1-12-2-3-14(10-16(12)22(23,24)25)30-21(33)29-13-4-6-15(7-5-13)31-9-8-17(32)18-19(26)27-11-28-20(18)31/h2-11H,1H3,(H2,26,27,28)(H2,29,30,33). The molecule has 0 aliphatic heterocycles. The van der Waals surface area contributed by atoms with Crippen LogP contribution in [-0.2, 0) is 6.18 Å². The number of amides is 2. The number of pyridine rings is 1. The molecule has 8 nitrogen and oxygen atoms in total. The first-order chi connectivity index (χ1) is 15.6. The van der Waals surface area contributed by atoms with Crippen molar-refractivity contribution in [3.63, 3.8) is 0 Å². The number of nitrogen functional groups attached to an aromatic ring is 1. The first-order valence-electron chi connectivity index (χ1n) is 9.61. The van der Waals surface area contributed by atoms with E-state index in [-0.39, 0.29) is 27.9 Å². The maximum atomic E-state index is 13.1. The number of fused-ring (bicyclic) bond motifs is 1. The van der Waals surface area contributed by atoms with E-state index < -0.39 is 17.8 Å². The predicted octanol–water partition coefficient (Wildman–Crippen LogP) is 4.33. The molecule has 168 valence electrons. The summed E-state index contributed by atoms with van der Waals surface area (Å²) in [7, 11) is 0. The van der Waals surface area contributed by atoms with Gasteiger partial charge >= 0.3 is 12.2 Å². The Kier molecular flexibility index (Phi) is 5.46. The molecule has 4 N–H and O–H groups in total. The van der Waals surface area contributed by atoms with Gasteiger partial charge in [0.1, 0.15) is 17.5 Å². The number of benzene rings is 2. The normalized spacial score (nSPS) is 11.4. The molecule has 0 fully saturated rings. The van der Waals surface area contributed by atoms with Crippen molar-refractivity contribution in [2.45, 2.75) is 13.1 Å². The van der Waals surface area contributed by atoms with E-state index in [1.54, 1.807) is 35.0 Å². The molecule has 4 aromatic rings. The molecule has 0 bridgehead atoms. The van der Waals surface area contributed by atoms with Crippen molar-refractivity contribution in [2.75, 3.05) is 16.4 Å². The Morgan fingerprint density at radius 1 is 1.00 bits per heavy atom. The Morgan fingerprint density at radius 3 is 2.36 bits per heavy atom. The number of carbonyl (C=O) groups excluding carboxylic acids is 1. The maximum Gasteiger partial charge on any atom is 0.416 e. The summed E-state index contributed by atoms with van der Waals surface area (Å²) in [6, 6.07) is 10.7. The van der Waals surface area contributed by atoms with Gasteiger partial charge in [-0.3, -0.25) is 4.79 Å². The van der Waals surface area contributed by atoms with Gasteiger partial charge < -0.3 is 20.9 Å². The van der Waals surface area contributed by atoms with Crippen LogP contribution < -0.4 is 21.8 Å². The summed E-state index contributed by atoms with van der Waals surface area (Å²) in [5.74, 6) is 0.0686. The fourth-order valence-corrected chi connectivity index (χ4v) is 3.32. The van der Waals surface area contributed by atoms with E-state index in [9.17, 15) is 22.8 Å². The van der Waals surface area contributed by atoms with Gasteiger partial charge in [0.25, 0.3) is 0 Å². The summed E-state index contributed by atoms with van der Waals surface area (Å²) in [5.41, 5.74) is 6.12. The number of nitrogens with zero attached hydrogens (tertiary/aromatic N) is 3. The third-order valence-corrected chi connectivity index (χ3v) is 4.91. The van der Waals surface area contributed by atoms with E-state index in [0.29, 0.717) is 17.0 Å². The molecule has 0 radical (unpaired) electrons. The van der Waals surface area contributed by atoms with E-state index >= 15 is 0 Å². The van der Waals surface area contributed by atoms with Gasteiger partial charge in [0.2, 0.25) is 0 Å². The SMILES string of the molecule is Cc1ccc(NC(=O)Nc2ccc(-n3ccc(=O)c4c(N)ncnc43)cc2)cc1C(F)(F)F. The highest BCUT2D eigenvalue weighted by Gasteiger charge is 2.32. The molecule has 33 heavy (non-hydrogen) atoms. The molecular weight excluding hydrogens is 437 g/mol. The lowest BCUT2D eigenvalue weighted by Crippen LogP contribution is -2.20. The summed E-state index contributed by atoms with van der Waals surface area (Å²) in [5, 5.41) is 5.15. The van der Waals surface area contributed by atoms with Crippen molar-refractivity contribution in [1.82, 2.24) is 14.5 Å². The Labute approximate surface area is 184 Å². The van der Waals surface area contributed by atoms with Crippen LogP contribution in [0.4, 0.5) is 35.2 Å². The van der Waals surface area contributed by atoms with Crippen molar-refractivity contribution in [3.8, 4) is 5.69 Å². The minimum absolute atomic E-state index is 0.0130. The van der Waals surface area contributed by atoms with E-state index in [2.05, 4.69) is 20.6 Å². The molecule has 11 heteroatoms. The molecule has 2 aromatic carbocycles. The highest BCUT2D eigenvalue weighted by Crippen LogP contribution is 2.33. The van der Waals surface area contributed by atoms with Crippen LogP contribution in [0.5, 0.6) is 0 Å². The Hall–Kier alpha value is -4.41. The minimum atomic E-state index is -4.52. The van der Waals surface area contributed by atoms with Crippen LogP contribution in [-0.4, -0.2) is 20.6 Å². The largest absolute Gasteiger partial charge is 0.416 e. The minimum Gasteiger partial charge on any atom is -0.383 e. The number of alkyl halides is 3. The highest BCUT2D eigenvalue weighted by atomic mass is 19.4. The first-order valence-corrected chi connectivity index (χ1v) is 9.61. The average molecular weight is 454 g/mol. The highest BCUT2D eigenvalue weighted by molar-refractivity contribution is 5.99. The lowest BCUT2D eigenvalue weighted by molar-refractivity contribution is -0.138. The molecular formula is C22H17F3N6O2. The number of rotatable bonds is 3. The molecule has 0 unspecified atom stereocenters. The van der Waals surface area contributed by atoms with Gasteiger partial charge in [-0.2, -0.15) is 13.2 Å². The van der Waals surface area contributed by atoms with Crippen LogP contribution in [0.25, 0.3) is 16.7 Å². The number of aromatic nitrogens is 3. The van der Waals surface area contributed by atoms with Crippen molar-refractivity contribution in [3.05, 3.63) is 82.4 Å². The Bertz CT molecular complexity index is 1410. The number of urea groups is 1. The molecule has 2 amide bonds. The number of halogens is 3. The third kappa shape index (κ3) is 4.47. The fourth-order valence-electron chi connectivity index (χ4n) is 3.32. The van der Waals surface area contributed by atoms with Crippen molar-refractivity contribution in [1.29, 1.82) is 0 Å². The molecule has 2 aromatic heterocycles. The van der Waals surface area contributed by atoms with Crippen LogP contribution in [0.1, 0.15) is 11.1 Å². The third-order valence-electron chi connectivity index (χ3n) is 4.91. The van der Waals surface area contributed by atoms with Crippen LogP contribution in [0, 0.1) is 6.92 Å². The maximum absolute atomic E-state index is 13.1. The number of nitrogens with two attached hydrogens (primary N) is 1. The number of anilines is 3. The summed E-state index contributed by atoms with van der Waals surface area (Å²) in [4.78, 5) is 32.4. The van der Waals surface area contributed by atoms with E-state index in [4.69, 9.17) is 5.73 Å². The van der Waals surface area contributed by atoms with E-state index in [1.807, 2.05) is 0 Å². The van der Waals surface area contributed by atoms with Crippen molar-refractivity contribution < 1.29 is 18.0 Å². The average Bonchev–Trinajstić information content (AvgIpc) is 2.75. The number of nitrogens with one attached hydrogen (secondary N) is 2. The van der Waals surface area contributed by atoms with Gasteiger partial charge in [-0.1, -0.05) is 6.07 Å². The van der Waals surface area contributed by atoms with Gasteiger partial charge in [0.05, 0.1) is 5.56 Å². The summed E-state index contributed by atoms with van der Waals surface area (Å²) < 4.78 is 40.9. The zero-order valence-corrected chi connectivity index (χ0v) is 17.1. The Balaban J connectivity index is 1.53. The topological polar surface area (TPSA) is 115 Å². The number of aryl methyl sites for hydroxylation is 1. The van der Waals surface area contributed by atoms with Crippen molar-refractivity contribution in [2.24, 2.45) is 0 Å². The van der Waals surface area contributed by atoms with E-state index in [0.717, 1.165) is 6.07 Å². The predicted molar refractivity (Wildman–Crippen MR) is 118 cm³/mol. The van der Waals surface area contributed by atoms with Gasteiger partial charge in [0.15, 0.2) is 11.1 Å². The molecule has 4 rings (SSSR count). The van der Waals surface area contributed by atoms with E-state index in [1.165, 1.54) is 31.5 Å². The summed E-state index contributed by atoms with van der Waals surface area (Å²) in [6.07, 6.45) is -1.72. The lowest BCUT2D eigenvalue weighted by atomic mass is 10.1. The van der Waals surface area contributed by atoms with Gasteiger partial charge in [-0.05, 0) is 48.9 Å². The second kappa shape index (κ2) is 8.26. The molecule has 0 atom stereocenters. The van der Waals surface area contributed by atoms with Gasteiger partial charge in [-0.15, -0.1) is 0 Å². The first kappa shape index (κ1) is 21.8. The Morgan fingerprint density at radius 2 is 1.67 bits per heavy atom. The zero-order valence-electron chi connectivity index (χ0n) is 17.1. The van der Waals surface area contributed by atoms with Crippen LogP contribution in [0.2, 0.25) is 0 Å². The molecule has 0 aliphatic carbocycles. The molecule has 0 saturated carbocycles. The van der Waals surface area contributed by atoms with Gasteiger partial charge in [-0.25, -0.2) is 14.8 Å². The number of hydrogen-bond acceptors (Lipinski definition) is 5. The second-order valence-electron chi connectivity index (χ2n) is 7.16. The zero-order chi connectivity index (χ0) is 23.8. The lowest BCUT2D eigenvalue weighted by Gasteiger charge is -2.14. The fraction of sp³-hybridized carbons (Fsp3) is 0.0909. The monoisotopic (exact) mass is 454 g/mol. The molecule has 0 aliphatic rings. The van der Waals surface area contributed by atoms with Crippen LogP contribution in [0.15, 0.2) is 65.8 Å². The van der Waals surface area contributed by atoms with Crippen LogP contribution >= 0.6 is 0 Å². The number of hydrogen-bond donors (Lipinski definition) is 3. The quantitative estimate of drug-likeness (QED) is 0.426. The number of carbonyl (C=O) groups is 1. The molecule has 2 heterocycles. The summed E-state index contributed by atoms with van der Waals surface area (Å²) >= 11 is 0. The second-order valence-corrected chi connectivity index (χ2v) is 7.16. The smallest absolute Gasteiger partial charge is 0.383 e. The van der Waals surface area contributed by atoms with Gasteiger partial charge in [0, 0.05) is 29.3 Å².